The quantitative estimate of drug-likeness (QED) is 0.741. The minimum absolute atomic E-state index is 0.425. The molecule has 0 bridgehead atoms. The van der Waals surface area contributed by atoms with Crippen LogP contribution in [0.25, 0.3) is 5.57 Å². The molecule has 0 fully saturated rings. The number of thioether (sulfide) groups is 1. The molecule has 1 aliphatic rings. The predicted molar refractivity (Wildman–Crippen MR) is 52.8 cm³/mol. The molecule has 0 saturated heterocycles. The van der Waals surface area contributed by atoms with Gasteiger partial charge in [0.05, 0.1) is 5.57 Å². The third-order valence-corrected chi connectivity index (χ3v) is 2.93. The van der Waals surface area contributed by atoms with Crippen molar-refractivity contribution in [3.63, 3.8) is 0 Å². The van der Waals surface area contributed by atoms with Crippen LogP contribution in [0.4, 0.5) is 0 Å². The zero-order valence-corrected chi connectivity index (χ0v) is 7.67. The molecule has 3 heteroatoms. The molecule has 0 unspecified atom stereocenters. The zero-order valence-electron chi connectivity index (χ0n) is 6.86. The van der Waals surface area contributed by atoms with Crippen LogP contribution in [0.2, 0.25) is 0 Å². The first kappa shape index (κ1) is 8.38. The third kappa shape index (κ3) is 1.47. The van der Waals surface area contributed by atoms with Crippen LogP contribution in [0, 0.1) is 0 Å². The van der Waals surface area contributed by atoms with E-state index in [1.807, 2.05) is 24.3 Å². The Bertz CT molecular complexity index is 382. The van der Waals surface area contributed by atoms with Crippen molar-refractivity contribution in [2.24, 2.45) is 0 Å². The normalized spacial score (nSPS) is 14.6. The van der Waals surface area contributed by atoms with Crippen LogP contribution in [-0.2, 0) is 4.79 Å². The van der Waals surface area contributed by atoms with Gasteiger partial charge in [-0.15, -0.1) is 11.8 Å². The van der Waals surface area contributed by atoms with E-state index >= 15 is 0 Å². The van der Waals surface area contributed by atoms with Gasteiger partial charge in [0.25, 0.3) is 0 Å². The van der Waals surface area contributed by atoms with Crippen LogP contribution in [0.15, 0.2) is 35.2 Å². The molecule has 1 aromatic rings. The first-order valence-corrected chi connectivity index (χ1v) is 4.93. The Balaban J connectivity index is 2.53. The van der Waals surface area contributed by atoms with Gasteiger partial charge in [0, 0.05) is 16.2 Å². The molecule has 1 N–H and O–H groups in total. The second kappa shape index (κ2) is 3.26. The van der Waals surface area contributed by atoms with Gasteiger partial charge in [-0.25, -0.2) is 4.79 Å². The molecule has 1 aliphatic heterocycles. The van der Waals surface area contributed by atoms with Crippen LogP contribution in [0.1, 0.15) is 5.56 Å². The van der Waals surface area contributed by atoms with Crippen LogP contribution in [0.5, 0.6) is 0 Å². The summed E-state index contributed by atoms with van der Waals surface area (Å²) in [6, 6.07) is 7.59. The number of hydrogen-bond acceptors (Lipinski definition) is 2. The maximum Gasteiger partial charge on any atom is 0.336 e. The Morgan fingerprint density at radius 3 is 2.92 bits per heavy atom. The van der Waals surface area contributed by atoms with Crippen LogP contribution >= 0.6 is 11.8 Å². The van der Waals surface area contributed by atoms with Crippen molar-refractivity contribution in [3.05, 3.63) is 35.9 Å². The molecule has 0 aromatic heterocycles. The van der Waals surface area contributed by atoms with E-state index < -0.39 is 5.97 Å². The Morgan fingerprint density at radius 2 is 2.15 bits per heavy atom. The second-order valence-electron chi connectivity index (χ2n) is 2.73. The predicted octanol–water partition coefficient (Wildman–Crippen LogP) is 2.26. The van der Waals surface area contributed by atoms with Gasteiger partial charge in [0.2, 0.25) is 0 Å². The van der Waals surface area contributed by atoms with Crippen molar-refractivity contribution in [2.75, 3.05) is 5.75 Å². The van der Waals surface area contributed by atoms with Gasteiger partial charge in [-0.1, -0.05) is 24.3 Å². The molecule has 0 saturated carbocycles. The van der Waals surface area contributed by atoms with Crippen molar-refractivity contribution < 1.29 is 9.90 Å². The van der Waals surface area contributed by atoms with E-state index in [1.165, 1.54) is 0 Å². The highest BCUT2D eigenvalue weighted by Gasteiger charge is 2.17. The Labute approximate surface area is 80.3 Å². The molecule has 0 radical (unpaired) electrons. The summed E-state index contributed by atoms with van der Waals surface area (Å²) >= 11 is 1.67. The lowest BCUT2D eigenvalue weighted by Gasteiger charge is -2.13. The maximum absolute atomic E-state index is 10.8. The molecule has 0 aliphatic carbocycles. The van der Waals surface area contributed by atoms with Gasteiger partial charge < -0.3 is 5.11 Å². The summed E-state index contributed by atoms with van der Waals surface area (Å²) < 4.78 is 0. The lowest BCUT2D eigenvalue weighted by atomic mass is 10.1. The van der Waals surface area contributed by atoms with Crippen molar-refractivity contribution >= 4 is 23.3 Å². The minimum atomic E-state index is -0.840. The monoisotopic (exact) mass is 192 g/mol. The van der Waals surface area contributed by atoms with Gasteiger partial charge in [-0.2, -0.15) is 0 Å². The summed E-state index contributed by atoms with van der Waals surface area (Å²) in [6.07, 6.45) is 1.76. The van der Waals surface area contributed by atoms with E-state index in [1.54, 1.807) is 17.8 Å². The van der Waals surface area contributed by atoms with Gasteiger partial charge in [0.15, 0.2) is 0 Å². The lowest BCUT2D eigenvalue weighted by molar-refractivity contribution is -0.130. The topological polar surface area (TPSA) is 37.3 Å². The number of carboxylic acid groups (broad SMARTS) is 1. The molecule has 13 heavy (non-hydrogen) atoms. The van der Waals surface area contributed by atoms with E-state index in [0.717, 1.165) is 16.2 Å². The summed E-state index contributed by atoms with van der Waals surface area (Å²) in [5, 5.41) is 8.91. The third-order valence-electron chi connectivity index (χ3n) is 1.93. The average Bonchev–Trinajstić information content (AvgIpc) is 2.17. The summed E-state index contributed by atoms with van der Waals surface area (Å²) in [7, 11) is 0. The van der Waals surface area contributed by atoms with Crippen LogP contribution in [0.3, 0.4) is 0 Å². The standard InChI is InChI=1S/C10H8O2S/c11-10(12)8-5-6-13-9-4-2-1-3-7(8)9/h1-5H,6H2,(H,11,12). The molecule has 0 spiro atoms. The fourth-order valence-electron chi connectivity index (χ4n) is 1.34. The number of rotatable bonds is 1. The number of carboxylic acids is 1. The van der Waals surface area contributed by atoms with E-state index in [4.69, 9.17) is 5.11 Å². The number of benzene rings is 1. The highest BCUT2D eigenvalue weighted by Crippen LogP contribution is 2.32. The lowest BCUT2D eigenvalue weighted by Crippen LogP contribution is -2.04. The van der Waals surface area contributed by atoms with E-state index in [-0.39, 0.29) is 0 Å². The van der Waals surface area contributed by atoms with Crippen molar-refractivity contribution in [1.29, 1.82) is 0 Å². The molecule has 2 nitrogen and oxygen atoms in total. The summed E-state index contributed by atoms with van der Waals surface area (Å²) in [4.78, 5) is 11.9. The first-order valence-electron chi connectivity index (χ1n) is 3.94. The van der Waals surface area contributed by atoms with E-state index in [0.29, 0.717) is 5.57 Å². The highest BCUT2D eigenvalue weighted by molar-refractivity contribution is 7.99. The van der Waals surface area contributed by atoms with Gasteiger partial charge in [-0.05, 0) is 6.07 Å². The number of fused-ring (bicyclic) bond motifs is 1. The minimum Gasteiger partial charge on any atom is -0.478 e. The van der Waals surface area contributed by atoms with Crippen molar-refractivity contribution in [1.82, 2.24) is 0 Å². The molecule has 2 rings (SSSR count). The molecular formula is C10H8O2S. The smallest absolute Gasteiger partial charge is 0.336 e. The molecule has 1 heterocycles. The average molecular weight is 192 g/mol. The van der Waals surface area contributed by atoms with Crippen LogP contribution in [-0.4, -0.2) is 16.8 Å². The molecular weight excluding hydrogens is 184 g/mol. The summed E-state index contributed by atoms with van der Waals surface area (Å²) in [5.41, 5.74) is 1.26. The van der Waals surface area contributed by atoms with Crippen molar-refractivity contribution in [2.45, 2.75) is 4.90 Å². The Hall–Kier alpha value is -1.22. The largest absolute Gasteiger partial charge is 0.478 e. The summed E-state index contributed by atoms with van der Waals surface area (Å²) in [6.45, 7) is 0. The van der Waals surface area contributed by atoms with Gasteiger partial charge >= 0.3 is 5.97 Å². The SMILES string of the molecule is O=C(O)C1=CCSc2ccccc21. The first-order chi connectivity index (χ1) is 6.29. The highest BCUT2D eigenvalue weighted by atomic mass is 32.2. The zero-order chi connectivity index (χ0) is 9.26. The molecule has 0 atom stereocenters. The van der Waals surface area contributed by atoms with Gasteiger partial charge in [-0.3, -0.25) is 0 Å². The molecule has 1 aromatic carbocycles. The number of hydrogen-bond donors (Lipinski definition) is 1. The maximum atomic E-state index is 10.8. The van der Waals surface area contributed by atoms with Crippen LogP contribution < -0.4 is 0 Å². The van der Waals surface area contributed by atoms with E-state index in [9.17, 15) is 4.79 Å². The van der Waals surface area contributed by atoms with E-state index in [2.05, 4.69) is 0 Å². The Kier molecular flexibility index (Phi) is 2.10. The fraction of sp³-hybridized carbons (Fsp3) is 0.100. The molecule has 66 valence electrons. The Morgan fingerprint density at radius 1 is 1.38 bits per heavy atom. The van der Waals surface area contributed by atoms with Gasteiger partial charge in [0.1, 0.15) is 0 Å². The number of aliphatic carboxylic acids is 1. The fourth-order valence-corrected chi connectivity index (χ4v) is 2.28. The molecule has 0 amide bonds. The van der Waals surface area contributed by atoms with Crippen molar-refractivity contribution in [3.8, 4) is 0 Å². The summed E-state index contributed by atoms with van der Waals surface area (Å²) in [5.74, 6) is -0.0914. The second-order valence-corrected chi connectivity index (χ2v) is 3.79. The number of carbonyl (C=O) groups is 1.